The van der Waals surface area contributed by atoms with E-state index in [9.17, 15) is 18.0 Å². The summed E-state index contributed by atoms with van der Waals surface area (Å²) in [5.74, 6) is 0.360. The van der Waals surface area contributed by atoms with Crippen LogP contribution in [0, 0.1) is 12.8 Å². The Morgan fingerprint density at radius 2 is 1.76 bits per heavy atom. The SMILES string of the molecule is COc1ccc(S(=O)(=O)N2CCC(C(=O)Nc3ccc(N4CCCC4=O)c(C)c3)CC2)cc1. The first-order chi connectivity index (χ1) is 15.8. The first kappa shape index (κ1) is 23.3. The number of hydrogen-bond acceptors (Lipinski definition) is 5. The summed E-state index contributed by atoms with van der Waals surface area (Å²) in [5.41, 5.74) is 2.50. The molecule has 0 unspecified atom stereocenters. The van der Waals surface area contributed by atoms with Gasteiger partial charge in [0.1, 0.15) is 5.75 Å². The zero-order chi connectivity index (χ0) is 23.6. The number of nitrogens with zero attached hydrogens (tertiary/aromatic N) is 2. The summed E-state index contributed by atoms with van der Waals surface area (Å²) in [7, 11) is -2.07. The van der Waals surface area contributed by atoms with Crippen molar-refractivity contribution in [3.05, 3.63) is 48.0 Å². The third-order valence-electron chi connectivity index (χ3n) is 6.35. The highest BCUT2D eigenvalue weighted by Gasteiger charge is 2.32. The number of rotatable bonds is 6. The monoisotopic (exact) mass is 471 g/mol. The molecule has 2 saturated heterocycles. The highest BCUT2D eigenvalue weighted by Crippen LogP contribution is 2.29. The molecular weight excluding hydrogens is 442 g/mol. The molecule has 4 rings (SSSR count). The minimum atomic E-state index is -3.60. The lowest BCUT2D eigenvalue weighted by molar-refractivity contribution is -0.121. The average molecular weight is 472 g/mol. The van der Waals surface area contributed by atoms with E-state index in [1.165, 1.54) is 23.5 Å². The van der Waals surface area contributed by atoms with E-state index in [1.54, 1.807) is 17.0 Å². The maximum Gasteiger partial charge on any atom is 0.243 e. The van der Waals surface area contributed by atoms with Crippen LogP contribution in [0.4, 0.5) is 11.4 Å². The number of anilines is 2. The van der Waals surface area contributed by atoms with Gasteiger partial charge in [-0.1, -0.05) is 0 Å². The van der Waals surface area contributed by atoms with E-state index < -0.39 is 10.0 Å². The number of amides is 2. The summed E-state index contributed by atoms with van der Waals surface area (Å²) in [5, 5.41) is 2.96. The summed E-state index contributed by atoms with van der Waals surface area (Å²) in [6, 6.07) is 11.9. The summed E-state index contributed by atoms with van der Waals surface area (Å²) in [6.07, 6.45) is 2.36. The van der Waals surface area contributed by atoms with Crippen LogP contribution in [-0.2, 0) is 19.6 Å². The second-order valence-corrected chi connectivity index (χ2v) is 10.4. The largest absolute Gasteiger partial charge is 0.497 e. The molecule has 0 aromatic heterocycles. The van der Waals surface area contributed by atoms with E-state index >= 15 is 0 Å². The second-order valence-electron chi connectivity index (χ2n) is 8.49. The Kier molecular flexibility index (Phi) is 6.71. The van der Waals surface area contributed by atoms with Gasteiger partial charge >= 0.3 is 0 Å². The lowest BCUT2D eigenvalue weighted by Crippen LogP contribution is -2.41. The molecule has 0 spiro atoms. The predicted octanol–water partition coefficient (Wildman–Crippen LogP) is 3.17. The fourth-order valence-electron chi connectivity index (χ4n) is 4.44. The van der Waals surface area contributed by atoms with Crippen LogP contribution in [0.15, 0.2) is 47.4 Å². The van der Waals surface area contributed by atoms with Crippen LogP contribution in [0.5, 0.6) is 5.75 Å². The van der Waals surface area contributed by atoms with Gasteiger partial charge in [0.15, 0.2) is 0 Å². The number of carbonyl (C=O) groups excluding carboxylic acids is 2. The fourth-order valence-corrected chi connectivity index (χ4v) is 5.91. The molecule has 0 radical (unpaired) electrons. The number of sulfonamides is 1. The van der Waals surface area contributed by atoms with E-state index in [0.29, 0.717) is 43.8 Å². The van der Waals surface area contributed by atoms with Gasteiger partial charge in [-0.3, -0.25) is 9.59 Å². The molecule has 2 aliphatic heterocycles. The summed E-state index contributed by atoms with van der Waals surface area (Å²) in [6.45, 7) is 3.24. The van der Waals surface area contributed by atoms with Crippen molar-refractivity contribution < 1.29 is 22.7 Å². The molecule has 2 aliphatic rings. The van der Waals surface area contributed by atoms with Crippen molar-refractivity contribution in [3.8, 4) is 5.75 Å². The molecule has 0 atom stereocenters. The molecular formula is C24H29N3O5S. The highest BCUT2D eigenvalue weighted by molar-refractivity contribution is 7.89. The number of benzene rings is 2. The van der Waals surface area contributed by atoms with Crippen LogP contribution in [0.3, 0.4) is 0 Å². The molecule has 2 fully saturated rings. The Morgan fingerprint density at radius 1 is 1.06 bits per heavy atom. The van der Waals surface area contributed by atoms with Crippen molar-refractivity contribution in [2.45, 2.75) is 37.5 Å². The Morgan fingerprint density at radius 3 is 2.33 bits per heavy atom. The van der Waals surface area contributed by atoms with Gasteiger partial charge in [0, 0.05) is 43.3 Å². The molecule has 0 saturated carbocycles. The number of piperidine rings is 1. The minimum absolute atomic E-state index is 0.110. The zero-order valence-electron chi connectivity index (χ0n) is 18.9. The van der Waals surface area contributed by atoms with Crippen LogP contribution in [0.2, 0.25) is 0 Å². The Balaban J connectivity index is 1.35. The lowest BCUT2D eigenvalue weighted by Gasteiger charge is -2.30. The van der Waals surface area contributed by atoms with Gasteiger partial charge in [-0.2, -0.15) is 4.31 Å². The van der Waals surface area contributed by atoms with Gasteiger partial charge in [0.05, 0.1) is 12.0 Å². The Labute approximate surface area is 194 Å². The molecule has 0 bridgehead atoms. The van der Waals surface area contributed by atoms with Crippen molar-refractivity contribution >= 4 is 33.2 Å². The first-order valence-corrected chi connectivity index (χ1v) is 12.6. The van der Waals surface area contributed by atoms with E-state index in [2.05, 4.69) is 5.32 Å². The van der Waals surface area contributed by atoms with E-state index in [0.717, 1.165) is 24.2 Å². The van der Waals surface area contributed by atoms with Gasteiger partial charge in [-0.05, 0) is 74.2 Å². The number of nitrogens with one attached hydrogen (secondary N) is 1. The molecule has 2 amide bonds. The minimum Gasteiger partial charge on any atom is -0.497 e. The number of aryl methyl sites for hydroxylation is 1. The van der Waals surface area contributed by atoms with Gasteiger partial charge < -0.3 is 15.0 Å². The Bertz CT molecular complexity index is 1140. The van der Waals surface area contributed by atoms with Crippen molar-refractivity contribution in [1.29, 1.82) is 0 Å². The second kappa shape index (κ2) is 9.52. The van der Waals surface area contributed by atoms with Crippen LogP contribution in [0.25, 0.3) is 0 Å². The van der Waals surface area contributed by atoms with Crippen LogP contribution >= 0.6 is 0 Å². The molecule has 0 aliphatic carbocycles. The highest BCUT2D eigenvalue weighted by atomic mass is 32.2. The quantitative estimate of drug-likeness (QED) is 0.698. The maximum absolute atomic E-state index is 12.9. The average Bonchev–Trinajstić information content (AvgIpc) is 3.24. The summed E-state index contributed by atoms with van der Waals surface area (Å²) >= 11 is 0. The third-order valence-corrected chi connectivity index (χ3v) is 8.26. The van der Waals surface area contributed by atoms with Gasteiger partial charge in [0.25, 0.3) is 0 Å². The summed E-state index contributed by atoms with van der Waals surface area (Å²) < 4.78 is 32.4. The Hall–Kier alpha value is -2.91. The molecule has 2 aromatic carbocycles. The normalized spacial score (nSPS) is 17.9. The van der Waals surface area contributed by atoms with Crippen molar-refractivity contribution in [2.75, 3.05) is 37.0 Å². The molecule has 8 nitrogen and oxygen atoms in total. The topological polar surface area (TPSA) is 96.0 Å². The van der Waals surface area contributed by atoms with Gasteiger partial charge in [0.2, 0.25) is 21.8 Å². The molecule has 1 N–H and O–H groups in total. The lowest BCUT2D eigenvalue weighted by atomic mass is 9.97. The zero-order valence-corrected chi connectivity index (χ0v) is 19.7. The number of hydrogen-bond donors (Lipinski definition) is 1. The molecule has 176 valence electrons. The summed E-state index contributed by atoms with van der Waals surface area (Å²) in [4.78, 5) is 26.8. The van der Waals surface area contributed by atoms with Crippen LogP contribution in [0.1, 0.15) is 31.2 Å². The number of methoxy groups -OCH3 is 1. The first-order valence-electron chi connectivity index (χ1n) is 11.2. The molecule has 9 heteroatoms. The van der Waals surface area contributed by atoms with Crippen molar-refractivity contribution in [1.82, 2.24) is 4.31 Å². The maximum atomic E-state index is 12.9. The third kappa shape index (κ3) is 4.89. The molecule has 2 heterocycles. The predicted molar refractivity (Wildman–Crippen MR) is 126 cm³/mol. The van der Waals surface area contributed by atoms with E-state index in [1.807, 2.05) is 25.1 Å². The van der Waals surface area contributed by atoms with Crippen LogP contribution < -0.4 is 15.0 Å². The van der Waals surface area contributed by atoms with Crippen molar-refractivity contribution in [2.24, 2.45) is 5.92 Å². The number of ether oxygens (including phenoxy) is 1. The van der Waals surface area contributed by atoms with Crippen LogP contribution in [-0.4, -0.2) is 51.3 Å². The van der Waals surface area contributed by atoms with Gasteiger partial charge in [-0.25, -0.2) is 8.42 Å². The smallest absolute Gasteiger partial charge is 0.243 e. The fraction of sp³-hybridized carbons (Fsp3) is 0.417. The van der Waals surface area contributed by atoms with Crippen molar-refractivity contribution in [3.63, 3.8) is 0 Å². The standard InChI is InChI=1S/C24H29N3O5S/c1-17-16-19(5-10-22(17)27-13-3-4-23(27)28)25-24(29)18-11-14-26(15-12-18)33(30,31)21-8-6-20(32-2)7-9-21/h5-10,16,18H,3-4,11-15H2,1-2H3,(H,25,29). The number of carbonyl (C=O) groups is 2. The molecule has 33 heavy (non-hydrogen) atoms. The van der Waals surface area contributed by atoms with E-state index in [4.69, 9.17) is 4.74 Å². The van der Waals surface area contributed by atoms with E-state index in [-0.39, 0.29) is 22.6 Å². The van der Waals surface area contributed by atoms with Gasteiger partial charge in [-0.15, -0.1) is 0 Å². The molecule has 2 aromatic rings.